The van der Waals surface area contributed by atoms with Gasteiger partial charge in [0.1, 0.15) is 0 Å². The molecule has 0 radical (unpaired) electrons. The van der Waals surface area contributed by atoms with Crippen molar-refractivity contribution in [1.82, 2.24) is 5.32 Å². The Bertz CT molecular complexity index is 928. The van der Waals surface area contributed by atoms with E-state index in [1.54, 1.807) is 11.0 Å². The van der Waals surface area contributed by atoms with E-state index in [1.807, 2.05) is 56.3 Å². The predicted molar refractivity (Wildman–Crippen MR) is 109 cm³/mol. The van der Waals surface area contributed by atoms with Crippen molar-refractivity contribution >= 4 is 23.6 Å². The summed E-state index contributed by atoms with van der Waals surface area (Å²) < 4.78 is 5.22. The van der Waals surface area contributed by atoms with E-state index in [2.05, 4.69) is 5.32 Å². The molecule has 0 spiro atoms. The highest BCUT2D eigenvalue weighted by Crippen LogP contribution is 2.31. The lowest BCUT2D eigenvalue weighted by atomic mass is 10.0. The van der Waals surface area contributed by atoms with Crippen molar-refractivity contribution in [3.8, 4) is 0 Å². The number of carbonyl (C=O) groups excluding carboxylic acids is 3. The molecule has 1 aliphatic heterocycles. The van der Waals surface area contributed by atoms with Crippen LogP contribution < -0.4 is 16.0 Å². The number of esters is 1. The maximum absolute atomic E-state index is 12.7. The summed E-state index contributed by atoms with van der Waals surface area (Å²) in [4.78, 5) is 38.0. The number of benzene rings is 2. The number of primary amides is 1. The molecular weight excluding hydrogens is 370 g/mol. The van der Waals surface area contributed by atoms with Gasteiger partial charge in [0.15, 0.2) is 6.61 Å². The SMILES string of the molecule is Cc1cccc([C@H](CC(=O)OCC(=O)N2c3ccccc3C[C@@H]2C)NC(N)=O)c1. The highest BCUT2D eigenvalue weighted by Gasteiger charge is 2.31. The van der Waals surface area contributed by atoms with Gasteiger partial charge in [-0.05, 0) is 37.5 Å². The number of carbonyl (C=O) groups is 3. The Hall–Kier alpha value is -3.35. The summed E-state index contributed by atoms with van der Waals surface area (Å²) in [5.74, 6) is -0.857. The molecule has 0 saturated heterocycles. The smallest absolute Gasteiger partial charge is 0.312 e. The van der Waals surface area contributed by atoms with Crippen LogP contribution in [0, 0.1) is 6.92 Å². The van der Waals surface area contributed by atoms with Crippen molar-refractivity contribution in [2.75, 3.05) is 11.5 Å². The van der Waals surface area contributed by atoms with Crippen LogP contribution in [0.2, 0.25) is 0 Å². The molecule has 2 aromatic rings. The minimum absolute atomic E-state index is 0.00942. The largest absolute Gasteiger partial charge is 0.455 e. The number of nitrogens with zero attached hydrogens (tertiary/aromatic N) is 1. The molecule has 7 nitrogen and oxygen atoms in total. The van der Waals surface area contributed by atoms with E-state index in [0.717, 1.165) is 28.8 Å². The summed E-state index contributed by atoms with van der Waals surface area (Å²) in [6, 6.07) is 13.8. The first-order valence-electron chi connectivity index (χ1n) is 9.53. The lowest BCUT2D eigenvalue weighted by Gasteiger charge is -2.23. The first kappa shape index (κ1) is 20.4. The summed E-state index contributed by atoms with van der Waals surface area (Å²) in [5.41, 5.74) is 8.94. The zero-order chi connectivity index (χ0) is 21.0. The first-order chi connectivity index (χ1) is 13.8. The van der Waals surface area contributed by atoms with Gasteiger partial charge in [-0.2, -0.15) is 0 Å². The van der Waals surface area contributed by atoms with Gasteiger partial charge in [-0.3, -0.25) is 9.59 Å². The van der Waals surface area contributed by atoms with Crippen LogP contribution in [0.3, 0.4) is 0 Å². The molecule has 0 unspecified atom stereocenters. The molecule has 29 heavy (non-hydrogen) atoms. The maximum Gasteiger partial charge on any atom is 0.312 e. The van der Waals surface area contributed by atoms with Gasteiger partial charge in [0.2, 0.25) is 0 Å². The fraction of sp³-hybridized carbons (Fsp3) is 0.318. The van der Waals surface area contributed by atoms with Crippen LogP contribution in [0.15, 0.2) is 48.5 Å². The third-order valence-electron chi connectivity index (χ3n) is 4.96. The molecule has 3 amide bonds. The molecule has 0 aliphatic carbocycles. The van der Waals surface area contributed by atoms with Gasteiger partial charge in [-0.1, -0.05) is 48.0 Å². The third-order valence-corrected chi connectivity index (χ3v) is 4.96. The molecule has 1 heterocycles. The van der Waals surface area contributed by atoms with Crippen molar-refractivity contribution in [1.29, 1.82) is 0 Å². The first-order valence-corrected chi connectivity index (χ1v) is 9.53. The van der Waals surface area contributed by atoms with Gasteiger partial charge in [-0.15, -0.1) is 0 Å². The Labute approximate surface area is 169 Å². The molecule has 0 saturated carbocycles. The number of aryl methyl sites for hydroxylation is 1. The molecule has 3 rings (SSSR count). The Morgan fingerprint density at radius 1 is 1.21 bits per heavy atom. The summed E-state index contributed by atoms with van der Waals surface area (Å²) in [6.07, 6.45) is 0.652. The van der Waals surface area contributed by atoms with E-state index < -0.39 is 18.0 Å². The molecular formula is C22H25N3O4. The van der Waals surface area contributed by atoms with E-state index in [4.69, 9.17) is 10.5 Å². The highest BCUT2D eigenvalue weighted by atomic mass is 16.5. The number of hydrogen-bond donors (Lipinski definition) is 2. The highest BCUT2D eigenvalue weighted by molar-refractivity contribution is 5.97. The predicted octanol–water partition coefficient (Wildman–Crippen LogP) is 2.62. The molecule has 3 N–H and O–H groups in total. The van der Waals surface area contributed by atoms with E-state index in [0.29, 0.717) is 0 Å². The van der Waals surface area contributed by atoms with E-state index in [9.17, 15) is 14.4 Å². The van der Waals surface area contributed by atoms with E-state index in [-0.39, 0.29) is 25.0 Å². The van der Waals surface area contributed by atoms with Gasteiger partial charge >= 0.3 is 12.0 Å². The lowest BCUT2D eigenvalue weighted by molar-refractivity contribution is -0.148. The Morgan fingerprint density at radius 3 is 2.69 bits per heavy atom. The van der Waals surface area contributed by atoms with Crippen molar-refractivity contribution in [2.45, 2.75) is 38.8 Å². The van der Waals surface area contributed by atoms with Crippen molar-refractivity contribution in [3.63, 3.8) is 0 Å². The number of ether oxygens (including phenoxy) is 1. The minimum atomic E-state index is -0.733. The number of fused-ring (bicyclic) bond motifs is 1. The van der Waals surface area contributed by atoms with Gasteiger partial charge in [-0.25, -0.2) is 4.79 Å². The molecule has 0 bridgehead atoms. The molecule has 7 heteroatoms. The second-order valence-corrected chi connectivity index (χ2v) is 7.29. The van der Waals surface area contributed by atoms with Gasteiger partial charge < -0.3 is 20.7 Å². The number of rotatable bonds is 6. The maximum atomic E-state index is 12.7. The monoisotopic (exact) mass is 395 g/mol. The number of nitrogens with two attached hydrogens (primary N) is 1. The van der Waals surface area contributed by atoms with Gasteiger partial charge in [0, 0.05) is 11.7 Å². The standard InChI is InChI=1S/C22H25N3O4/c1-14-6-5-8-16(10-14)18(24-22(23)28)12-21(27)29-13-20(26)25-15(2)11-17-7-3-4-9-19(17)25/h3-10,15,18H,11-13H2,1-2H3,(H3,23,24,28)/t15-,18-/m0/s1. The Morgan fingerprint density at radius 2 is 1.97 bits per heavy atom. The quantitative estimate of drug-likeness (QED) is 0.734. The summed E-state index contributed by atoms with van der Waals surface area (Å²) in [6.45, 7) is 3.52. The fourth-order valence-corrected chi connectivity index (χ4v) is 3.69. The van der Waals surface area contributed by atoms with Crippen molar-refractivity contribution in [3.05, 3.63) is 65.2 Å². The second-order valence-electron chi connectivity index (χ2n) is 7.29. The van der Waals surface area contributed by atoms with Crippen molar-refractivity contribution in [2.24, 2.45) is 5.73 Å². The van der Waals surface area contributed by atoms with Crippen molar-refractivity contribution < 1.29 is 19.1 Å². The third kappa shape index (κ3) is 4.93. The summed E-state index contributed by atoms with van der Waals surface area (Å²) in [5, 5.41) is 2.56. The number of nitrogens with one attached hydrogen (secondary N) is 1. The fourth-order valence-electron chi connectivity index (χ4n) is 3.69. The van der Waals surface area contributed by atoms with Crippen LogP contribution in [-0.2, 0) is 20.7 Å². The molecule has 0 aromatic heterocycles. The number of para-hydroxylation sites is 1. The number of urea groups is 1. The normalized spacial score (nSPS) is 16.1. The van der Waals surface area contributed by atoms with Gasteiger partial charge in [0.25, 0.3) is 5.91 Å². The minimum Gasteiger partial charge on any atom is -0.455 e. The van der Waals surface area contributed by atoms with Crippen LogP contribution in [0.5, 0.6) is 0 Å². The molecule has 2 aromatic carbocycles. The average Bonchev–Trinajstić information content (AvgIpc) is 3.01. The Kier molecular flexibility index (Phi) is 6.16. The number of hydrogen-bond acceptors (Lipinski definition) is 4. The van der Waals surface area contributed by atoms with Crippen LogP contribution in [-0.4, -0.2) is 30.6 Å². The topological polar surface area (TPSA) is 102 Å². The average molecular weight is 395 g/mol. The lowest BCUT2D eigenvalue weighted by Crippen LogP contribution is -2.39. The summed E-state index contributed by atoms with van der Waals surface area (Å²) in [7, 11) is 0. The molecule has 0 fully saturated rings. The van der Waals surface area contributed by atoms with Gasteiger partial charge in [0.05, 0.1) is 12.5 Å². The van der Waals surface area contributed by atoms with Crippen LogP contribution in [0.4, 0.5) is 10.5 Å². The number of anilines is 1. The molecule has 2 atom stereocenters. The summed E-state index contributed by atoms with van der Waals surface area (Å²) >= 11 is 0. The second kappa shape index (κ2) is 8.77. The van der Waals surface area contributed by atoms with E-state index >= 15 is 0 Å². The molecule has 1 aliphatic rings. The number of amides is 3. The van der Waals surface area contributed by atoms with Crippen LogP contribution >= 0.6 is 0 Å². The van der Waals surface area contributed by atoms with Crippen LogP contribution in [0.1, 0.15) is 36.1 Å². The molecule has 152 valence electrons. The van der Waals surface area contributed by atoms with E-state index in [1.165, 1.54) is 0 Å². The van der Waals surface area contributed by atoms with Crippen LogP contribution in [0.25, 0.3) is 0 Å². The Balaban J connectivity index is 1.62. The zero-order valence-corrected chi connectivity index (χ0v) is 16.6. The zero-order valence-electron chi connectivity index (χ0n) is 16.6.